The summed E-state index contributed by atoms with van der Waals surface area (Å²) < 4.78 is 0. The number of carbonyl (C=O) groups excluding carboxylic acids is 1. The van der Waals surface area contributed by atoms with Crippen LogP contribution in [0.4, 0.5) is 16.4 Å². The van der Waals surface area contributed by atoms with Crippen LogP contribution in [0.5, 0.6) is 0 Å². The zero-order valence-corrected chi connectivity index (χ0v) is 8.96. The standard InChI is InChI=1S/C6H7Cl2N5O/c1-9-4-3(7)5(11-12-10-4)13(2)6(8)14/h1-2H3,(H,9,10,11). The maximum Gasteiger partial charge on any atom is 0.321 e. The normalized spacial score (nSPS) is 9.71. The Labute approximate surface area is 90.2 Å². The minimum absolute atomic E-state index is 0.158. The number of rotatable bonds is 2. The highest BCUT2D eigenvalue weighted by Gasteiger charge is 2.16. The molecule has 0 saturated heterocycles. The first-order valence-corrected chi connectivity index (χ1v) is 4.33. The third kappa shape index (κ3) is 2.02. The molecule has 1 N–H and O–H groups in total. The smallest absolute Gasteiger partial charge is 0.321 e. The summed E-state index contributed by atoms with van der Waals surface area (Å²) in [5.74, 6) is 0.493. The summed E-state index contributed by atoms with van der Waals surface area (Å²) in [7, 11) is 3.06. The topological polar surface area (TPSA) is 71.0 Å². The summed E-state index contributed by atoms with van der Waals surface area (Å²) in [6, 6.07) is 0. The molecule has 0 unspecified atom stereocenters. The van der Waals surface area contributed by atoms with Crippen LogP contribution in [0.15, 0.2) is 0 Å². The Morgan fingerprint density at radius 1 is 1.50 bits per heavy atom. The molecule has 76 valence electrons. The number of hydrogen-bond acceptors (Lipinski definition) is 5. The fourth-order valence-electron chi connectivity index (χ4n) is 0.760. The van der Waals surface area contributed by atoms with E-state index in [1.165, 1.54) is 7.05 Å². The summed E-state index contributed by atoms with van der Waals surface area (Å²) in [5.41, 5.74) is 0. The molecule has 1 rings (SSSR count). The van der Waals surface area contributed by atoms with Crippen molar-refractivity contribution < 1.29 is 4.79 Å². The highest BCUT2D eigenvalue weighted by Crippen LogP contribution is 2.27. The molecular formula is C6H7Cl2N5O. The van der Waals surface area contributed by atoms with Crippen LogP contribution >= 0.6 is 23.2 Å². The molecule has 14 heavy (non-hydrogen) atoms. The quantitative estimate of drug-likeness (QED) is 0.620. The van der Waals surface area contributed by atoms with E-state index in [2.05, 4.69) is 20.7 Å². The minimum Gasteiger partial charge on any atom is -0.370 e. The number of halogens is 2. The van der Waals surface area contributed by atoms with Crippen molar-refractivity contribution >= 4 is 40.2 Å². The Balaban J connectivity index is 3.15. The molecule has 0 saturated carbocycles. The van der Waals surface area contributed by atoms with Crippen molar-refractivity contribution in [3.8, 4) is 0 Å². The second-order valence-corrected chi connectivity index (χ2v) is 3.04. The molecule has 1 amide bonds. The van der Waals surface area contributed by atoms with Gasteiger partial charge in [0.2, 0.25) is 0 Å². The lowest BCUT2D eigenvalue weighted by molar-refractivity contribution is 0.265. The van der Waals surface area contributed by atoms with E-state index in [-0.39, 0.29) is 10.8 Å². The van der Waals surface area contributed by atoms with Gasteiger partial charge in [-0.3, -0.25) is 9.69 Å². The lowest BCUT2D eigenvalue weighted by Gasteiger charge is -2.13. The van der Waals surface area contributed by atoms with E-state index >= 15 is 0 Å². The summed E-state index contributed by atoms with van der Waals surface area (Å²) in [4.78, 5) is 11.9. The lowest BCUT2D eigenvalue weighted by atomic mass is 10.5. The third-order valence-electron chi connectivity index (χ3n) is 1.51. The van der Waals surface area contributed by atoms with Crippen LogP contribution in [0.25, 0.3) is 0 Å². The fourth-order valence-corrected chi connectivity index (χ4v) is 1.14. The average Bonchev–Trinajstić information content (AvgIpc) is 2.17. The molecular weight excluding hydrogens is 229 g/mol. The molecule has 8 heteroatoms. The van der Waals surface area contributed by atoms with E-state index in [4.69, 9.17) is 23.2 Å². The summed E-state index contributed by atoms with van der Waals surface area (Å²) in [5, 5.41) is 12.8. The molecule has 0 aliphatic rings. The largest absolute Gasteiger partial charge is 0.370 e. The van der Waals surface area contributed by atoms with Gasteiger partial charge in [0, 0.05) is 14.1 Å². The van der Waals surface area contributed by atoms with Crippen molar-refractivity contribution in [3.05, 3.63) is 5.02 Å². The molecule has 0 aromatic carbocycles. The van der Waals surface area contributed by atoms with Gasteiger partial charge in [0.05, 0.1) is 0 Å². The van der Waals surface area contributed by atoms with Gasteiger partial charge in [0.1, 0.15) is 5.02 Å². The van der Waals surface area contributed by atoms with E-state index in [1.54, 1.807) is 7.05 Å². The second-order valence-electron chi connectivity index (χ2n) is 2.34. The predicted molar refractivity (Wildman–Crippen MR) is 54.0 cm³/mol. The van der Waals surface area contributed by atoms with Gasteiger partial charge in [0.25, 0.3) is 0 Å². The van der Waals surface area contributed by atoms with Crippen LogP contribution < -0.4 is 10.2 Å². The Morgan fingerprint density at radius 2 is 2.14 bits per heavy atom. The van der Waals surface area contributed by atoms with Crippen molar-refractivity contribution in [2.45, 2.75) is 0 Å². The SMILES string of the molecule is CNc1nnnc(N(C)C(=O)Cl)c1Cl. The first-order valence-electron chi connectivity index (χ1n) is 3.57. The van der Waals surface area contributed by atoms with Crippen LogP contribution in [0.2, 0.25) is 5.02 Å². The predicted octanol–water partition coefficient (Wildman–Crippen LogP) is 1.36. The van der Waals surface area contributed by atoms with Gasteiger partial charge in [-0.05, 0) is 16.8 Å². The molecule has 0 bridgehead atoms. The van der Waals surface area contributed by atoms with Gasteiger partial charge in [-0.15, -0.1) is 10.2 Å². The van der Waals surface area contributed by atoms with Crippen molar-refractivity contribution in [1.82, 2.24) is 15.4 Å². The van der Waals surface area contributed by atoms with E-state index in [1.807, 2.05) is 0 Å². The van der Waals surface area contributed by atoms with Crippen LogP contribution in [0.3, 0.4) is 0 Å². The zero-order valence-electron chi connectivity index (χ0n) is 7.45. The summed E-state index contributed by atoms with van der Waals surface area (Å²) in [6.45, 7) is 0. The Kier molecular flexibility index (Phi) is 3.43. The molecule has 1 aromatic heterocycles. The lowest BCUT2D eigenvalue weighted by Crippen LogP contribution is -2.22. The summed E-state index contributed by atoms with van der Waals surface area (Å²) >= 11 is 11.1. The van der Waals surface area contributed by atoms with Crippen molar-refractivity contribution in [2.75, 3.05) is 24.3 Å². The number of aromatic nitrogens is 3. The number of nitrogens with zero attached hydrogens (tertiary/aromatic N) is 4. The third-order valence-corrected chi connectivity index (χ3v) is 2.11. The number of carbonyl (C=O) groups is 1. The first kappa shape index (κ1) is 10.9. The maximum atomic E-state index is 10.8. The summed E-state index contributed by atoms with van der Waals surface area (Å²) in [6.07, 6.45) is 0. The van der Waals surface area contributed by atoms with Crippen LogP contribution in [-0.4, -0.2) is 34.9 Å². The number of anilines is 2. The maximum absolute atomic E-state index is 10.8. The molecule has 0 radical (unpaired) electrons. The van der Waals surface area contributed by atoms with Gasteiger partial charge in [-0.2, -0.15) is 0 Å². The number of nitrogens with one attached hydrogen (secondary N) is 1. The Bertz CT molecular complexity index is 358. The fraction of sp³-hybridized carbons (Fsp3) is 0.333. The van der Waals surface area contributed by atoms with Crippen molar-refractivity contribution in [3.63, 3.8) is 0 Å². The average molecular weight is 236 g/mol. The van der Waals surface area contributed by atoms with E-state index in [0.717, 1.165) is 4.90 Å². The molecule has 1 heterocycles. The van der Waals surface area contributed by atoms with Gasteiger partial charge in [-0.25, -0.2) is 0 Å². The van der Waals surface area contributed by atoms with Crippen molar-refractivity contribution in [2.24, 2.45) is 0 Å². The first-order chi connectivity index (χ1) is 6.57. The highest BCUT2D eigenvalue weighted by atomic mass is 35.5. The molecule has 0 spiro atoms. The number of amides is 1. The Hall–Kier alpha value is -1.14. The molecule has 0 aliphatic heterocycles. The molecule has 0 aliphatic carbocycles. The van der Waals surface area contributed by atoms with Gasteiger partial charge in [-0.1, -0.05) is 11.6 Å². The van der Waals surface area contributed by atoms with E-state index in [0.29, 0.717) is 5.82 Å². The van der Waals surface area contributed by atoms with Gasteiger partial charge in [0.15, 0.2) is 11.6 Å². The molecule has 0 atom stereocenters. The van der Waals surface area contributed by atoms with E-state index < -0.39 is 5.37 Å². The Morgan fingerprint density at radius 3 is 2.64 bits per heavy atom. The van der Waals surface area contributed by atoms with Crippen LogP contribution in [0.1, 0.15) is 0 Å². The second kappa shape index (κ2) is 4.39. The van der Waals surface area contributed by atoms with Crippen LogP contribution in [0, 0.1) is 0 Å². The highest BCUT2D eigenvalue weighted by molar-refractivity contribution is 6.66. The van der Waals surface area contributed by atoms with Gasteiger partial charge >= 0.3 is 5.37 Å². The monoisotopic (exact) mass is 235 g/mol. The van der Waals surface area contributed by atoms with E-state index in [9.17, 15) is 4.79 Å². The molecule has 6 nitrogen and oxygen atoms in total. The molecule has 0 fully saturated rings. The zero-order chi connectivity index (χ0) is 10.7. The van der Waals surface area contributed by atoms with Crippen molar-refractivity contribution in [1.29, 1.82) is 0 Å². The molecule has 1 aromatic rings. The number of hydrogen-bond donors (Lipinski definition) is 1. The minimum atomic E-state index is -0.700. The van der Waals surface area contributed by atoms with Gasteiger partial charge < -0.3 is 5.32 Å². The van der Waals surface area contributed by atoms with Crippen LogP contribution in [-0.2, 0) is 0 Å².